The lowest BCUT2D eigenvalue weighted by Gasteiger charge is -2.22. The van der Waals surface area contributed by atoms with Crippen molar-refractivity contribution in [1.82, 2.24) is 5.32 Å². The second-order valence-electron chi connectivity index (χ2n) is 10.5. The molecule has 8 heteroatoms. The maximum Gasteiger partial charge on any atom is 0.407 e. The summed E-state index contributed by atoms with van der Waals surface area (Å²) in [5, 5.41) is 2.76. The fourth-order valence-corrected chi connectivity index (χ4v) is 4.54. The van der Waals surface area contributed by atoms with E-state index in [0.29, 0.717) is 26.3 Å². The Kier molecular flexibility index (Phi) is 13.8. The molecule has 0 saturated carbocycles. The molecular weight excluding hydrogens is 532 g/mol. The normalized spacial score (nSPS) is 18.4. The molecule has 0 bridgehead atoms. The number of carbonyl (C=O) groups is 1. The third-order valence-corrected chi connectivity index (χ3v) is 7.08. The van der Waals surface area contributed by atoms with Crippen molar-refractivity contribution in [2.75, 3.05) is 13.2 Å². The summed E-state index contributed by atoms with van der Waals surface area (Å²) in [5.74, 6) is 0. The van der Waals surface area contributed by atoms with Gasteiger partial charge in [0.15, 0.2) is 12.6 Å². The van der Waals surface area contributed by atoms with E-state index in [1.807, 2.05) is 66.7 Å². The Morgan fingerprint density at radius 3 is 1.67 bits per heavy atom. The van der Waals surface area contributed by atoms with Crippen LogP contribution in [0.4, 0.5) is 4.79 Å². The van der Waals surface area contributed by atoms with Crippen LogP contribution in [0.25, 0.3) is 0 Å². The summed E-state index contributed by atoms with van der Waals surface area (Å²) in [7, 11) is 0. The van der Waals surface area contributed by atoms with Crippen LogP contribution in [0, 0.1) is 0 Å². The number of nitrogens with two attached hydrogens (primary N) is 1. The minimum Gasteiger partial charge on any atom is -0.445 e. The van der Waals surface area contributed by atoms with Crippen LogP contribution in [0.15, 0.2) is 78.9 Å². The zero-order valence-electron chi connectivity index (χ0n) is 24.4. The van der Waals surface area contributed by atoms with Crippen molar-refractivity contribution in [2.45, 2.75) is 84.0 Å². The van der Waals surface area contributed by atoms with E-state index < -0.39 is 6.09 Å². The van der Waals surface area contributed by atoms with Gasteiger partial charge in [0.05, 0.1) is 13.2 Å². The van der Waals surface area contributed by atoms with Crippen LogP contribution in [0.2, 0.25) is 0 Å². The average molecular weight is 577 g/mol. The molecule has 2 heterocycles. The molecule has 0 radical (unpaired) electrons. The van der Waals surface area contributed by atoms with Crippen molar-refractivity contribution in [3.63, 3.8) is 0 Å². The van der Waals surface area contributed by atoms with Crippen LogP contribution in [0.3, 0.4) is 0 Å². The predicted molar refractivity (Wildman–Crippen MR) is 161 cm³/mol. The molecule has 2 saturated heterocycles. The zero-order valence-corrected chi connectivity index (χ0v) is 24.4. The number of nitrogens with one attached hydrogen (secondary N) is 1. The van der Waals surface area contributed by atoms with Crippen molar-refractivity contribution in [2.24, 2.45) is 5.73 Å². The van der Waals surface area contributed by atoms with Crippen LogP contribution < -0.4 is 11.1 Å². The van der Waals surface area contributed by atoms with Crippen LogP contribution >= 0.6 is 0 Å². The van der Waals surface area contributed by atoms with E-state index in [4.69, 9.17) is 29.4 Å². The standard InChI is InChI=1S/C21H25NO4.C13H19NO2/c23-21(26-16-18-6-2-1-3-7-18)22-14-17-9-11-19(12-10-17)15-25-20-8-4-5-13-24-20;14-9-11-4-6-12(7-5-11)10-16-13-3-1-2-8-15-13/h1-3,6-7,9-12,20H,4-5,8,13-16H2,(H,22,23);4-7,13H,1-3,8-10,14H2. The number of alkyl carbamates (subject to hydrolysis) is 1. The van der Waals surface area contributed by atoms with E-state index in [-0.39, 0.29) is 19.2 Å². The van der Waals surface area contributed by atoms with Gasteiger partial charge in [-0.3, -0.25) is 0 Å². The third kappa shape index (κ3) is 11.9. The van der Waals surface area contributed by atoms with Crippen molar-refractivity contribution in [3.8, 4) is 0 Å². The minimum atomic E-state index is -0.421. The van der Waals surface area contributed by atoms with E-state index in [1.54, 1.807) is 0 Å². The summed E-state index contributed by atoms with van der Waals surface area (Å²) in [5.41, 5.74) is 10.9. The predicted octanol–water partition coefficient (Wildman–Crippen LogP) is 6.34. The van der Waals surface area contributed by atoms with Gasteiger partial charge in [0, 0.05) is 26.3 Å². The van der Waals surface area contributed by atoms with Crippen molar-refractivity contribution >= 4 is 6.09 Å². The largest absolute Gasteiger partial charge is 0.445 e. The lowest BCUT2D eigenvalue weighted by atomic mass is 10.1. The highest BCUT2D eigenvalue weighted by atomic mass is 16.7. The second kappa shape index (κ2) is 18.3. The van der Waals surface area contributed by atoms with Gasteiger partial charge >= 0.3 is 6.09 Å². The SMILES string of the molecule is NCc1ccc(COC2CCCCO2)cc1.O=C(NCc1ccc(COC2CCCCO2)cc1)OCc1ccccc1. The average Bonchev–Trinajstić information content (AvgIpc) is 3.07. The molecule has 226 valence electrons. The molecule has 2 fully saturated rings. The molecule has 2 aliphatic heterocycles. The van der Waals surface area contributed by atoms with Gasteiger partial charge in [-0.15, -0.1) is 0 Å². The van der Waals surface area contributed by atoms with E-state index in [0.717, 1.165) is 67.6 Å². The molecule has 0 spiro atoms. The number of benzene rings is 3. The Balaban J connectivity index is 0.000000216. The Morgan fingerprint density at radius 2 is 1.17 bits per heavy atom. The molecule has 2 unspecified atom stereocenters. The molecule has 3 aromatic rings. The van der Waals surface area contributed by atoms with Gasteiger partial charge in [0.1, 0.15) is 6.61 Å². The highest BCUT2D eigenvalue weighted by Crippen LogP contribution is 2.17. The monoisotopic (exact) mass is 576 g/mol. The lowest BCUT2D eigenvalue weighted by molar-refractivity contribution is -0.169. The Hall–Kier alpha value is -3.27. The zero-order chi connectivity index (χ0) is 29.2. The highest BCUT2D eigenvalue weighted by molar-refractivity contribution is 5.67. The number of hydrogen-bond donors (Lipinski definition) is 2. The molecule has 42 heavy (non-hydrogen) atoms. The number of rotatable bonds is 11. The fourth-order valence-electron chi connectivity index (χ4n) is 4.54. The van der Waals surface area contributed by atoms with Crippen LogP contribution in [-0.2, 0) is 56.6 Å². The second-order valence-corrected chi connectivity index (χ2v) is 10.5. The quantitative estimate of drug-likeness (QED) is 0.275. The van der Waals surface area contributed by atoms with Crippen LogP contribution in [0.5, 0.6) is 0 Å². The van der Waals surface area contributed by atoms with Gasteiger partial charge in [0.2, 0.25) is 0 Å². The van der Waals surface area contributed by atoms with E-state index in [9.17, 15) is 4.79 Å². The molecule has 1 amide bonds. The summed E-state index contributed by atoms with van der Waals surface area (Å²) < 4.78 is 27.7. The fraction of sp³-hybridized carbons (Fsp3) is 0.441. The van der Waals surface area contributed by atoms with E-state index in [1.165, 1.54) is 12.0 Å². The molecule has 3 N–H and O–H groups in total. The lowest BCUT2D eigenvalue weighted by Crippen LogP contribution is -2.23. The Bertz CT molecular complexity index is 1140. The first kappa shape index (κ1) is 31.7. The molecule has 3 aromatic carbocycles. The minimum absolute atomic E-state index is 0.0112. The molecule has 2 aliphatic rings. The van der Waals surface area contributed by atoms with Gasteiger partial charge in [0.25, 0.3) is 0 Å². The van der Waals surface area contributed by atoms with Gasteiger partial charge in [-0.2, -0.15) is 0 Å². The molecule has 0 aromatic heterocycles. The number of hydrogen-bond acceptors (Lipinski definition) is 7. The molecule has 8 nitrogen and oxygen atoms in total. The Morgan fingerprint density at radius 1 is 0.667 bits per heavy atom. The maximum atomic E-state index is 11.8. The summed E-state index contributed by atoms with van der Waals surface area (Å²) >= 11 is 0. The Labute approximate surface area is 249 Å². The maximum absolute atomic E-state index is 11.8. The van der Waals surface area contributed by atoms with Crippen LogP contribution in [0.1, 0.15) is 66.3 Å². The molecule has 2 atom stereocenters. The molecular formula is C34H44N2O6. The van der Waals surface area contributed by atoms with Crippen molar-refractivity contribution in [1.29, 1.82) is 0 Å². The van der Waals surface area contributed by atoms with E-state index >= 15 is 0 Å². The number of amides is 1. The summed E-state index contributed by atoms with van der Waals surface area (Å²) in [6.45, 7) is 4.07. The smallest absolute Gasteiger partial charge is 0.407 e. The third-order valence-electron chi connectivity index (χ3n) is 7.08. The van der Waals surface area contributed by atoms with Gasteiger partial charge < -0.3 is 34.7 Å². The summed E-state index contributed by atoms with van der Waals surface area (Å²) in [4.78, 5) is 11.8. The molecule has 5 rings (SSSR count). The molecule has 0 aliphatic carbocycles. The highest BCUT2D eigenvalue weighted by Gasteiger charge is 2.15. The van der Waals surface area contributed by atoms with Crippen LogP contribution in [-0.4, -0.2) is 31.9 Å². The van der Waals surface area contributed by atoms with Gasteiger partial charge in [-0.05, 0) is 66.3 Å². The summed E-state index contributed by atoms with van der Waals surface area (Å²) in [6.07, 6.45) is 6.11. The van der Waals surface area contributed by atoms with Crippen molar-refractivity contribution < 1.29 is 28.5 Å². The van der Waals surface area contributed by atoms with Gasteiger partial charge in [-0.25, -0.2) is 4.79 Å². The first-order valence-electron chi connectivity index (χ1n) is 14.9. The van der Waals surface area contributed by atoms with Crippen molar-refractivity contribution in [3.05, 3.63) is 107 Å². The van der Waals surface area contributed by atoms with E-state index in [2.05, 4.69) is 17.4 Å². The number of ether oxygens (including phenoxy) is 5. The topological polar surface area (TPSA) is 101 Å². The van der Waals surface area contributed by atoms with Gasteiger partial charge in [-0.1, -0.05) is 78.9 Å². The first-order chi connectivity index (χ1) is 20.7. The first-order valence-corrected chi connectivity index (χ1v) is 14.9. The number of carbonyl (C=O) groups excluding carboxylic acids is 1. The summed E-state index contributed by atoms with van der Waals surface area (Å²) in [6, 6.07) is 25.8.